The Kier molecular flexibility index (Phi) is 16.2. The van der Waals surface area contributed by atoms with E-state index in [4.69, 9.17) is 43.4 Å². The van der Waals surface area contributed by atoms with Crippen molar-refractivity contribution in [1.29, 1.82) is 0 Å². The molecular weight excluding hydrogens is 1110 g/mol. The van der Waals surface area contributed by atoms with Gasteiger partial charge in [-0.05, 0) is 91.2 Å². The van der Waals surface area contributed by atoms with Gasteiger partial charge in [-0.15, -0.1) is 0 Å². The van der Waals surface area contributed by atoms with E-state index >= 15 is 0 Å². The van der Waals surface area contributed by atoms with Crippen LogP contribution in [0.3, 0.4) is 0 Å². The van der Waals surface area contributed by atoms with Crippen molar-refractivity contribution in [3.05, 3.63) is 324 Å². The molecule has 0 amide bonds. The van der Waals surface area contributed by atoms with E-state index in [2.05, 4.69) is 98.7 Å². The first kappa shape index (κ1) is 54.2. The number of aromatic nitrogens is 6. The number of halogens is 3. The lowest BCUT2D eigenvalue weighted by atomic mass is 9.77. The van der Waals surface area contributed by atoms with Crippen molar-refractivity contribution in [2.24, 2.45) is 0 Å². The van der Waals surface area contributed by atoms with Crippen molar-refractivity contribution < 1.29 is 19.9 Å². The summed E-state index contributed by atoms with van der Waals surface area (Å²) < 4.78 is 4.51. The van der Waals surface area contributed by atoms with Gasteiger partial charge in [0.15, 0.2) is 0 Å². The van der Waals surface area contributed by atoms with Crippen LogP contribution in [0, 0.1) is 20.2 Å². The summed E-state index contributed by atoms with van der Waals surface area (Å²) in [6, 6.07) is 77.3. The molecule has 12 rings (SSSR count). The fourth-order valence-electron chi connectivity index (χ4n) is 10.1. The zero-order chi connectivity index (χ0) is 55.8. The van der Waals surface area contributed by atoms with Gasteiger partial charge in [0.25, 0.3) is 11.4 Å². The van der Waals surface area contributed by atoms with Crippen LogP contribution in [0.25, 0.3) is 33.1 Å². The maximum atomic E-state index is 11.8. The van der Waals surface area contributed by atoms with Crippen LogP contribution in [0.1, 0.15) is 33.4 Å². The van der Waals surface area contributed by atoms with Crippen molar-refractivity contribution in [1.82, 2.24) is 29.5 Å². The Labute approximate surface area is 477 Å². The van der Waals surface area contributed by atoms with E-state index in [-0.39, 0.29) is 26.4 Å². The first-order valence-electron chi connectivity index (χ1n) is 24.8. The van der Waals surface area contributed by atoms with Gasteiger partial charge in [-0.1, -0.05) is 205 Å². The van der Waals surface area contributed by atoms with E-state index < -0.39 is 18.2 Å². The highest BCUT2D eigenvalue weighted by atomic mass is 79.9. The summed E-state index contributed by atoms with van der Waals surface area (Å²) in [5.41, 5.74) is 7.64. The summed E-state index contributed by atoms with van der Waals surface area (Å²) in [4.78, 5) is 30.1. The van der Waals surface area contributed by atoms with Gasteiger partial charge < -0.3 is 10.0 Å². The molecule has 0 aliphatic heterocycles. The smallest absolute Gasteiger partial charge is 0.423 e. The molecule has 0 saturated heterocycles. The molecule has 80 heavy (non-hydrogen) atoms. The number of nitrogens with zero attached hydrogens (tertiary/aromatic N) is 8. The van der Waals surface area contributed by atoms with E-state index in [9.17, 15) is 20.2 Å². The van der Waals surface area contributed by atoms with Gasteiger partial charge >= 0.3 is 7.12 Å². The molecule has 2 N–H and O–H groups in total. The molecule has 0 unspecified atom stereocenters. The largest absolute Gasteiger partial charge is 0.488 e. The second-order valence-electron chi connectivity index (χ2n) is 18.1. The summed E-state index contributed by atoms with van der Waals surface area (Å²) in [7, 11) is -1.47. The Balaban J connectivity index is 0.000000155. The summed E-state index contributed by atoms with van der Waals surface area (Å²) in [6.07, 6.45) is 3.02. The van der Waals surface area contributed by atoms with Crippen molar-refractivity contribution in [2.75, 3.05) is 0 Å². The van der Waals surface area contributed by atoms with E-state index in [1.165, 1.54) is 30.5 Å². The highest BCUT2D eigenvalue weighted by molar-refractivity contribution is 9.10. The lowest BCUT2D eigenvalue weighted by molar-refractivity contribution is -0.384. The molecule has 4 heterocycles. The van der Waals surface area contributed by atoms with Crippen molar-refractivity contribution in [3.63, 3.8) is 0 Å². The molecule has 12 aromatic rings. The normalized spacial score (nSPS) is 11.3. The minimum Gasteiger partial charge on any atom is -0.423 e. The highest BCUT2D eigenvalue weighted by Gasteiger charge is 2.43. The SMILES string of the molecule is O=[N+]([O-])c1ccc2c(c1)c(-c1ccnc(Cl)c1)nn2C(c1ccccc1)(c1ccccc1)c1ccccc1.O=[N+]([O-])c1ccc2c(c1)c(Br)nn2C(c1ccccc1)(c1ccccc1)c1ccccc1.OB(O)c1ccnc(Cl)c1. The van der Waals surface area contributed by atoms with Gasteiger partial charge in [0.1, 0.15) is 31.7 Å². The maximum Gasteiger partial charge on any atom is 0.488 e. The molecule has 14 nitrogen and oxygen atoms in total. The minimum absolute atomic E-state index is 0.0109. The third kappa shape index (κ3) is 10.6. The van der Waals surface area contributed by atoms with Crippen molar-refractivity contribution in [3.8, 4) is 11.3 Å². The van der Waals surface area contributed by atoms with Crippen LogP contribution >= 0.6 is 39.1 Å². The molecule has 0 aliphatic rings. The van der Waals surface area contributed by atoms with Crippen molar-refractivity contribution >= 4 is 84.9 Å². The Bertz CT molecular complexity index is 3920. The minimum atomic E-state index is -1.47. The fraction of sp³-hybridized carbons (Fsp3) is 0.0323. The van der Waals surface area contributed by atoms with Gasteiger partial charge in [0, 0.05) is 53.0 Å². The highest BCUT2D eigenvalue weighted by Crippen LogP contribution is 2.46. The van der Waals surface area contributed by atoms with Crippen LogP contribution in [-0.4, -0.2) is 56.5 Å². The number of nitro groups is 2. The van der Waals surface area contributed by atoms with Crippen LogP contribution < -0.4 is 5.46 Å². The molecule has 8 aromatic carbocycles. The summed E-state index contributed by atoms with van der Waals surface area (Å²) in [5.74, 6) is 0. The zero-order valence-electron chi connectivity index (χ0n) is 42.1. The maximum absolute atomic E-state index is 11.8. The Morgan fingerprint density at radius 2 is 0.800 bits per heavy atom. The molecule has 0 aliphatic carbocycles. The quantitative estimate of drug-likeness (QED) is 0.0392. The lowest BCUT2D eigenvalue weighted by Crippen LogP contribution is -2.38. The molecular formula is C62H44BBrCl2N8O6. The number of hydrogen-bond acceptors (Lipinski definition) is 10. The standard InChI is InChI=1S/C31H21ClN4O2.C26H18BrN3O2.C5H5BClNO2/c32-29-20-22(18-19-33-29)30-27-21-26(36(37)38)16-17-28(27)35(34-30)31(23-10-4-1-5-11-23,24-12-6-2-7-13-24)25-14-8-3-9-15-25;27-25-23-18-22(30(31)32)16-17-24(23)29(28-25)26(19-10-4-1-5-11-19,20-12-6-2-7-13-20)21-14-8-3-9-15-21;7-5-3-4(6(9)10)1-2-8-5/h1-21H;1-18H;1-3,9-10H. The molecule has 0 fully saturated rings. The molecule has 0 saturated carbocycles. The van der Waals surface area contributed by atoms with Crippen LogP contribution in [0.2, 0.25) is 10.3 Å². The summed E-state index contributed by atoms with van der Waals surface area (Å²) in [5, 5.41) is 52.4. The molecule has 0 radical (unpaired) electrons. The Morgan fingerprint density at radius 3 is 1.15 bits per heavy atom. The second-order valence-corrected chi connectivity index (χ2v) is 19.7. The van der Waals surface area contributed by atoms with Gasteiger partial charge in [0.05, 0.1) is 20.9 Å². The average molecular weight is 1160 g/mol. The first-order valence-corrected chi connectivity index (χ1v) is 26.4. The van der Waals surface area contributed by atoms with E-state index in [0.717, 1.165) is 50.0 Å². The molecule has 4 aromatic heterocycles. The molecule has 0 atom stereocenters. The third-order valence-electron chi connectivity index (χ3n) is 13.5. The predicted octanol–water partition coefficient (Wildman–Crippen LogP) is 13.5. The number of non-ortho nitro benzene ring substituents is 2. The number of pyridine rings is 2. The lowest BCUT2D eigenvalue weighted by Gasteiger charge is -2.37. The fourth-order valence-corrected chi connectivity index (χ4v) is 10.9. The van der Waals surface area contributed by atoms with E-state index in [0.29, 0.717) is 31.7 Å². The average Bonchev–Trinajstić information content (AvgIpc) is 4.21. The number of hydrogen-bond donors (Lipinski definition) is 2. The van der Waals surface area contributed by atoms with Crippen LogP contribution in [-0.2, 0) is 11.1 Å². The molecule has 392 valence electrons. The topological polar surface area (TPSA) is 188 Å². The van der Waals surface area contributed by atoms with E-state index in [1.54, 1.807) is 36.5 Å². The monoisotopic (exact) mass is 1160 g/mol. The van der Waals surface area contributed by atoms with Gasteiger partial charge in [-0.3, -0.25) is 20.2 Å². The van der Waals surface area contributed by atoms with Gasteiger partial charge in [-0.25, -0.2) is 19.3 Å². The summed E-state index contributed by atoms with van der Waals surface area (Å²) >= 11 is 15.3. The number of rotatable bonds is 12. The molecule has 0 spiro atoms. The molecule has 18 heteroatoms. The van der Waals surface area contributed by atoms with Gasteiger partial charge in [-0.2, -0.15) is 10.2 Å². The van der Waals surface area contributed by atoms with E-state index in [1.807, 2.05) is 125 Å². The van der Waals surface area contributed by atoms with Crippen LogP contribution in [0.5, 0.6) is 0 Å². The predicted molar refractivity (Wildman–Crippen MR) is 317 cm³/mol. The Hall–Kier alpha value is -9.16. The first-order chi connectivity index (χ1) is 38.9. The number of benzene rings is 8. The van der Waals surface area contributed by atoms with Gasteiger partial charge in [0.2, 0.25) is 0 Å². The number of nitro benzene ring substituents is 2. The third-order valence-corrected chi connectivity index (χ3v) is 14.5. The second kappa shape index (κ2) is 23.8. The molecule has 0 bridgehead atoms. The van der Waals surface area contributed by atoms with Crippen LogP contribution in [0.4, 0.5) is 11.4 Å². The van der Waals surface area contributed by atoms with Crippen molar-refractivity contribution in [2.45, 2.75) is 11.1 Å². The van der Waals surface area contributed by atoms with Crippen LogP contribution in [0.15, 0.2) is 260 Å². The summed E-state index contributed by atoms with van der Waals surface area (Å²) in [6.45, 7) is 0. The zero-order valence-corrected chi connectivity index (χ0v) is 45.2. The number of fused-ring (bicyclic) bond motifs is 2. The Morgan fingerprint density at radius 1 is 0.450 bits per heavy atom.